The second kappa shape index (κ2) is 6.14. The summed E-state index contributed by atoms with van der Waals surface area (Å²) >= 11 is 0. The molecular formula is C17H21N3. The van der Waals surface area contributed by atoms with E-state index in [0.29, 0.717) is 0 Å². The van der Waals surface area contributed by atoms with E-state index in [9.17, 15) is 0 Å². The second-order valence-electron chi connectivity index (χ2n) is 5.40. The maximum atomic E-state index is 4.44. The summed E-state index contributed by atoms with van der Waals surface area (Å²) in [4.78, 5) is 8.63. The molecule has 0 fully saturated rings. The van der Waals surface area contributed by atoms with Crippen LogP contribution in [0.1, 0.15) is 41.8 Å². The fraction of sp³-hybridized carbons (Fsp3) is 0.412. The van der Waals surface area contributed by atoms with Crippen molar-refractivity contribution in [1.82, 2.24) is 15.3 Å². The van der Waals surface area contributed by atoms with Crippen molar-refractivity contribution in [1.29, 1.82) is 0 Å². The molecule has 0 saturated carbocycles. The molecular weight excluding hydrogens is 246 g/mol. The van der Waals surface area contributed by atoms with E-state index in [1.165, 1.54) is 36.0 Å². The fourth-order valence-electron chi connectivity index (χ4n) is 3.01. The number of nitrogens with one attached hydrogen (secondary N) is 1. The van der Waals surface area contributed by atoms with E-state index in [2.05, 4.69) is 40.4 Å². The summed E-state index contributed by atoms with van der Waals surface area (Å²) in [5, 5.41) is 3.51. The number of aromatic nitrogens is 2. The molecule has 3 rings (SSSR count). The van der Waals surface area contributed by atoms with Crippen LogP contribution in [0.2, 0.25) is 0 Å². The molecule has 0 aliphatic heterocycles. The third-order valence-corrected chi connectivity index (χ3v) is 3.99. The number of likely N-dealkylation sites (N-methyl/N-ethyl adjacent to an activating group) is 1. The Kier molecular flexibility index (Phi) is 4.07. The molecule has 3 nitrogen and oxygen atoms in total. The van der Waals surface area contributed by atoms with Crippen molar-refractivity contribution in [3.8, 4) is 0 Å². The molecule has 1 N–H and O–H groups in total. The van der Waals surface area contributed by atoms with Gasteiger partial charge in [-0.25, -0.2) is 0 Å². The molecule has 0 amide bonds. The Hall–Kier alpha value is -1.74. The molecule has 104 valence electrons. The minimum atomic E-state index is 0.244. The van der Waals surface area contributed by atoms with E-state index in [-0.39, 0.29) is 6.04 Å². The summed E-state index contributed by atoms with van der Waals surface area (Å²) in [7, 11) is 0. The zero-order chi connectivity index (χ0) is 13.8. The fourth-order valence-corrected chi connectivity index (χ4v) is 3.01. The highest BCUT2D eigenvalue weighted by atomic mass is 14.9. The Balaban J connectivity index is 1.80. The van der Waals surface area contributed by atoms with Crippen LogP contribution in [0.4, 0.5) is 0 Å². The summed E-state index contributed by atoms with van der Waals surface area (Å²) < 4.78 is 0. The Morgan fingerprint density at radius 3 is 2.90 bits per heavy atom. The third-order valence-electron chi connectivity index (χ3n) is 3.99. The minimum absolute atomic E-state index is 0.244. The zero-order valence-electron chi connectivity index (χ0n) is 12.0. The summed E-state index contributed by atoms with van der Waals surface area (Å²) in [5.74, 6) is 0. The highest BCUT2D eigenvalue weighted by Gasteiger charge is 2.15. The number of aryl methyl sites for hydroxylation is 2. The summed E-state index contributed by atoms with van der Waals surface area (Å²) in [6.07, 6.45) is 10.1. The lowest BCUT2D eigenvalue weighted by atomic mass is 9.99. The highest BCUT2D eigenvalue weighted by Crippen LogP contribution is 2.25. The van der Waals surface area contributed by atoms with E-state index in [1.54, 1.807) is 12.4 Å². The Labute approximate surface area is 120 Å². The lowest BCUT2D eigenvalue weighted by Gasteiger charge is -2.17. The quantitative estimate of drug-likeness (QED) is 0.905. The van der Waals surface area contributed by atoms with Crippen LogP contribution >= 0.6 is 0 Å². The van der Waals surface area contributed by atoms with Gasteiger partial charge in [-0.05, 0) is 48.9 Å². The van der Waals surface area contributed by atoms with Crippen molar-refractivity contribution in [3.63, 3.8) is 0 Å². The van der Waals surface area contributed by atoms with Gasteiger partial charge >= 0.3 is 0 Å². The Morgan fingerprint density at radius 2 is 2.10 bits per heavy atom. The lowest BCUT2D eigenvalue weighted by Crippen LogP contribution is -2.24. The molecule has 1 aliphatic rings. The Bertz CT molecular complexity index is 566. The topological polar surface area (TPSA) is 37.8 Å². The van der Waals surface area contributed by atoms with Gasteiger partial charge in [-0.2, -0.15) is 0 Å². The predicted octanol–water partition coefficient (Wildman–Crippen LogP) is 2.86. The van der Waals surface area contributed by atoms with Crippen LogP contribution in [-0.2, 0) is 19.3 Å². The van der Waals surface area contributed by atoms with Gasteiger partial charge in [0.25, 0.3) is 0 Å². The molecule has 1 atom stereocenters. The molecule has 0 bridgehead atoms. The average Bonchev–Trinajstić information content (AvgIpc) is 2.95. The van der Waals surface area contributed by atoms with Crippen LogP contribution < -0.4 is 5.32 Å². The van der Waals surface area contributed by atoms with Gasteiger partial charge < -0.3 is 5.32 Å². The first-order valence-corrected chi connectivity index (χ1v) is 7.47. The monoisotopic (exact) mass is 267 g/mol. The van der Waals surface area contributed by atoms with E-state index >= 15 is 0 Å². The molecule has 1 aromatic heterocycles. The number of rotatable bonds is 5. The van der Waals surface area contributed by atoms with Crippen molar-refractivity contribution in [2.75, 3.05) is 6.54 Å². The second-order valence-corrected chi connectivity index (χ2v) is 5.40. The molecule has 0 radical (unpaired) electrons. The van der Waals surface area contributed by atoms with Gasteiger partial charge in [-0.3, -0.25) is 9.97 Å². The van der Waals surface area contributed by atoms with Crippen molar-refractivity contribution in [2.45, 2.75) is 38.6 Å². The van der Waals surface area contributed by atoms with Gasteiger partial charge in [-0.1, -0.05) is 25.1 Å². The van der Waals surface area contributed by atoms with Crippen LogP contribution in [0.15, 0.2) is 36.8 Å². The maximum Gasteiger partial charge on any atom is 0.0759 e. The van der Waals surface area contributed by atoms with Crippen LogP contribution in [0.3, 0.4) is 0 Å². The smallest absolute Gasteiger partial charge is 0.0759 e. The highest BCUT2D eigenvalue weighted by molar-refractivity contribution is 5.35. The predicted molar refractivity (Wildman–Crippen MR) is 80.6 cm³/mol. The van der Waals surface area contributed by atoms with Crippen molar-refractivity contribution >= 4 is 0 Å². The normalized spacial score (nSPS) is 15.1. The van der Waals surface area contributed by atoms with Crippen molar-refractivity contribution in [2.24, 2.45) is 0 Å². The van der Waals surface area contributed by atoms with Crippen LogP contribution in [0.5, 0.6) is 0 Å². The first kappa shape index (κ1) is 13.3. The van der Waals surface area contributed by atoms with Crippen molar-refractivity contribution < 1.29 is 0 Å². The molecule has 1 unspecified atom stereocenters. The number of benzene rings is 1. The first-order valence-electron chi connectivity index (χ1n) is 7.47. The lowest BCUT2D eigenvalue weighted by molar-refractivity contribution is 0.534. The van der Waals surface area contributed by atoms with E-state index in [4.69, 9.17) is 0 Å². The standard InChI is InChI=1S/C17H21N3/c1-2-19-16(17-12-18-8-9-20-17)11-13-6-7-14-4-3-5-15(14)10-13/h6-10,12,16,19H,2-5,11H2,1H3. The third kappa shape index (κ3) is 2.88. The number of hydrogen-bond acceptors (Lipinski definition) is 3. The van der Waals surface area contributed by atoms with Gasteiger partial charge in [0.15, 0.2) is 0 Å². The molecule has 2 aromatic rings. The minimum Gasteiger partial charge on any atom is -0.309 e. The van der Waals surface area contributed by atoms with Gasteiger partial charge in [0.1, 0.15) is 0 Å². The summed E-state index contributed by atoms with van der Waals surface area (Å²) in [5.41, 5.74) is 5.49. The van der Waals surface area contributed by atoms with E-state index in [0.717, 1.165) is 18.7 Å². The van der Waals surface area contributed by atoms with Gasteiger partial charge in [-0.15, -0.1) is 0 Å². The molecule has 1 aliphatic carbocycles. The van der Waals surface area contributed by atoms with E-state index < -0.39 is 0 Å². The van der Waals surface area contributed by atoms with Crippen LogP contribution in [0, 0.1) is 0 Å². The molecule has 3 heteroatoms. The average molecular weight is 267 g/mol. The number of fused-ring (bicyclic) bond motifs is 1. The van der Waals surface area contributed by atoms with Crippen LogP contribution in [-0.4, -0.2) is 16.5 Å². The molecule has 0 saturated heterocycles. The molecule has 1 heterocycles. The maximum absolute atomic E-state index is 4.44. The van der Waals surface area contributed by atoms with Gasteiger partial charge in [0.2, 0.25) is 0 Å². The largest absolute Gasteiger partial charge is 0.309 e. The van der Waals surface area contributed by atoms with Crippen molar-refractivity contribution in [3.05, 3.63) is 59.2 Å². The summed E-state index contributed by atoms with van der Waals surface area (Å²) in [6.45, 7) is 3.07. The van der Waals surface area contributed by atoms with Crippen LogP contribution in [0.25, 0.3) is 0 Å². The number of hydrogen-bond donors (Lipinski definition) is 1. The molecule has 0 spiro atoms. The molecule has 1 aromatic carbocycles. The van der Waals surface area contributed by atoms with E-state index in [1.807, 2.05) is 6.20 Å². The Morgan fingerprint density at radius 1 is 1.20 bits per heavy atom. The summed E-state index contributed by atoms with van der Waals surface area (Å²) in [6, 6.07) is 7.19. The number of nitrogens with zero attached hydrogens (tertiary/aromatic N) is 2. The first-order chi connectivity index (χ1) is 9.86. The van der Waals surface area contributed by atoms with Gasteiger partial charge in [0, 0.05) is 18.6 Å². The van der Waals surface area contributed by atoms with Gasteiger partial charge in [0.05, 0.1) is 11.7 Å². The molecule has 20 heavy (non-hydrogen) atoms. The zero-order valence-corrected chi connectivity index (χ0v) is 12.0. The SMILES string of the molecule is CCNC(Cc1ccc2c(c1)CCC2)c1cnccn1.